The van der Waals surface area contributed by atoms with Gasteiger partial charge in [-0.25, -0.2) is 15.0 Å². The normalized spacial score (nSPS) is 10.9. The molecule has 0 aliphatic rings. The van der Waals surface area contributed by atoms with Crippen LogP contribution >= 0.6 is 0 Å². The first-order chi connectivity index (χ1) is 15.2. The van der Waals surface area contributed by atoms with Crippen LogP contribution in [0, 0.1) is 6.92 Å². The Balaban J connectivity index is 1.72. The standard InChI is InChI=1S/C24H25N5O2/c1-16-9-10-17-18(6-3-8-20(17)26-13-5-15-30-2)22(16)31-23-19(7-4-12-27-23)21-11-14-28-24(25)29-21/h3-4,6-12,14,26H,5,13,15H2,1-2H3,(H2,25,28,29). The summed E-state index contributed by atoms with van der Waals surface area (Å²) in [6, 6.07) is 15.9. The minimum atomic E-state index is 0.206. The lowest BCUT2D eigenvalue weighted by Crippen LogP contribution is -2.05. The summed E-state index contributed by atoms with van der Waals surface area (Å²) in [4.78, 5) is 12.8. The van der Waals surface area contributed by atoms with E-state index in [0.717, 1.165) is 52.9 Å². The summed E-state index contributed by atoms with van der Waals surface area (Å²) in [5.41, 5.74) is 9.26. The smallest absolute Gasteiger partial charge is 0.228 e. The van der Waals surface area contributed by atoms with Gasteiger partial charge in [0.2, 0.25) is 11.8 Å². The van der Waals surface area contributed by atoms with Crippen LogP contribution in [0.2, 0.25) is 0 Å². The van der Waals surface area contributed by atoms with E-state index in [0.29, 0.717) is 11.6 Å². The Morgan fingerprint density at radius 3 is 2.71 bits per heavy atom. The Hall–Kier alpha value is -3.71. The number of anilines is 2. The molecule has 7 heteroatoms. The summed E-state index contributed by atoms with van der Waals surface area (Å²) in [6.07, 6.45) is 4.26. The van der Waals surface area contributed by atoms with E-state index in [1.54, 1.807) is 25.6 Å². The molecule has 0 aliphatic carbocycles. The number of aromatic nitrogens is 3. The van der Waals surface area contributed by atoms with Gasteiger partial charge in [-0.1, -0.05) is 24.3 Å². The Labute approximate surface area is 181 Å². The molecule has 0 fully saturated rings. The van der Waals surface area contributed by atoms with E-state index in [1.165, 1.54) is 0 Å². The molecular formula is C24H25N5O2. The molecule has 4 aromatic rings. The summed E-state index contributed by atoms with van der Waals surface area (Å²) in [7, 11) is 1.71. The molecule has 0 amide bonds. The second-order valence-corrected chi connectivity index (χ2v) is 7.14. The number of pyridine rings is 1. The molecule has 31 heavy (non-hydrogen) atoms. The van der Waals surface area contributed by atoms with Gasteiger partial charge in [0.05, 0.1) is 11.3 Å². The average Bonchev–Trinajstić information content (AvgIpc) is 2.79. The number of nitrogens with zero attached hydrogens (tertiary/aromatic N) is 3. The summed E-state index contributed by atoms with van der Waals surface area (Å²) >= 11 is 0. The van der Waals surface area contributed by atoms with E-state index < -0.39 is 0 Å². The van der Waals surface area contributed by atoms with Crippen molar-refractivity contribution < 1.29 is 9.47 Å². The highest BCUT2D eigenvalue weighted by Crippen LogP contribution is 2.38. The van der Waals surface area contributed by atoms with Crippen molar-refractivity contribution in [1.29, 1.82) is 0 Å². The Morgan fingerprint density at radius 2 is 1.87 bits per heavy atom. The van der Waals surface area contributed by atoms with Gasteiger partial charge >= 0.3 is 0 Å². The summed E-state index contributed by atoms with van der Waals surface area (Å²) in [5.74, 6) is 1.44. The van der Waals surface area contributed by atoms with Crippen molar-refractivity contribution in [1.82, 2.24) is 15.0 Å². The minimum absolute atomic E-state index is 0.206. The number of methoxy groups -OCH3 is 1. The van der Waals surface area contributed by atoms with Crippen LogP contribution < -0.4 is 15.8 Å². The zero-order valence-electron chi connectivity index (χ0n) is 17.6. The lowest BCUT2D eigenvalue weighted by molar-refractivity contribution is 0.198. The zero-order valence-corrected chi connectivity index (χ0v) is 17.6. The van der Waals surface area contributed by atoms with Gasteiger partial charge in [-0.2, -0.15) is 0 Å². The van der Waals surface area contributed by atoms with Gasteiger partial charge in [0.25, 0.3) is 0 Å². The number of hydrogen-bond acceptors (Lipinski definition) is 7. The maximum Gasteiger partial charge on any atom is 0.228 e. The third-order valence-corrected chi connectivity index (χ3v) is 4.97. The summed E-state index contributed by atoms with van der Waals surface area (Å²) in [5, 5.41) is 5.59. The average molecular weight is 415 g/mol. The van der Waals surface area contributed by atoms with Crippen LogP contribution in [0.15, 0.2) is 60.9 Å². The fourth-order valence-electron chi connectivity index (χ4n) is 3.46. The molecule has 2 heterocycles. The van der Waals surface area contributed by atoms with Crippen LogP contribution in [-0.4, -0.2) is 35.2 Å². The van der Waals surface area contributed by atoms with E-state index in [-0.39, 0.29) is 5.95 Å². The third-order valence-electron chi connectivity index (χ3n) is 4.97. The highest BCUT2D eigenvalue weighted by Gasteiger charge is 2.15. The first-order valence-electron chi connectivity index (χ1n) is 10.1. The van der Waals surface area contributed by atoms with Crippen molar-refractivity contribution in [2.24, 2.45) is 0 Å². The summed E-state index contributed by atoms with van der Waals surface area (Å²) < 4.78 is 11.5. The lowest BCUT2D eigenvalue weighted by Gasteiger charge is -2.16. The SMILES string of the molecule is COCCCNc1cccc2c(Oc3ncccc3-c3ccnc(N)n3)c(C)ccc12. The van der Waals surface area contributed by atoms with E-state index >= 15 is 0 Å². The van der Waals surface area contributed by atoms with Crippen molar-refractivity contribution in [2.75, 3.05) is 31.3 Å². The van der Waals surface area contributed by atoms with Crippen molar-refractivity contribution in [3.8, 4) is 22.9 Å². The number of aryl methyl sites for hydroxylation is 1. The third kappa shape index (κ3) is 4.57. The zero-order chi connectivity index (χ0) is 21.6. The molecule has 0 bridgehead atoms. The maximum atomic E-state index is 6.39. The van der Waals surface area contributed by atoms with Crippen LogP contribution in [-0.2, 0) is 4.74 Å². The molecule has 7 nitrogen and oxygen atoms in total. The quantitative estimate of drug-likeness (QED) is 0.398. The predicted octanol–water partition coefficient (Wildman–Crippen LogP) is 4.82. The molecule has 4 rings (SSSR count). The Bertz CT molecular complexity index is 1200. The van der Waals surface area contributed by atoms with E-state index in [2.05, 4.69) is 44.5 Å². The van der Waals surface area contributed by atoms with E-state index in [4.69, 9.17) is 15.2 Å². The highest BCUT2D eigenvalue weighted by atomic mass is 16.5. The molecule has 0 aliphatic heterocycles. The molecule has 3 N–H and O–H groups in total. The number of hydrogen-bond donors (Lipinski definition) is 2. The number of benzene rings is 2. The monoisotopic (exact) mass is 415 g/mol. The molecule has 0 radical (unpaired) electrons. The van der Waals surface area contributed by atoms with Gasteiger partial charge in [-0.15, -0.1) is 0 Å². The molecule has 2 aromatic heterocycles. The highest BCUT2D eigenvalue weighted by molar-refractivity contribution is 5.98. The molecule has 2 aromatic carbocycles. The predicted molar refractivity (Wildman–Crippen MR) is 123 cm³/mol. The largest absolute Gasteiger partial charge is 0.437 e. The van der Waals surface area contributed by atoms with E-state index in [9.17, 15) is 0 Å². The lowest BCUT2D eigenvalue weighted by atomic mass is 10.0. The number of nitrogens with two attached hydrogens (primary N) is 1. The number of rotatable bonds is 8. The van der Waals surface area contributed by atoms with Crippen molar-refractivity contribution in [3.63, 3.8) is 0 Å². The number of fused-ring (bicyclic) bond motifs is 1. The van der Waals surface area contributed by atoms with Gasteiger partial charge in [-0.05, 0) is 43.2 Å². The Morgan fingerprint density at radius 1 is 0.968 bits per heavy atom. The fourth-order valence-corrected chi connectivity index (χ4v) is 3.46. The van der Waals surface area contributed by atoms with Crippen molar-refractivity contribution in [2.45, 2.75) is 13.3 Å². The second kappa shape index (κ2) is 9.40. The molecule has 0 unspecified atom stereocenters. The van der Waals surface area contributed by atoms with Gasteiger partial charge in [0.15, 0.2) is 0 Å². The van der Waals surface area contributed by atoms with Gasteiger partial charge in [-0.3, -0.25) is 0 Å². The molecular weight excluding hydrogens is 390 g/mol. The molecule has 0 saturated carbocycles. The van der Waals surface area contributed by atoms with Crippen LogP contribution in [0.3, 0.4) is 0 Å². The van der Waals surface area contributed by atoms with Gasteiger partial charge in [0.1, 0.15) is 5.75 Å². The summed E-state index contributed by atoms with van der Waals surface area (Å²) in [6.45, 7) is 3.58. The second-order valence-electron chi connectivity index (χ2n) is 7.14. The maximum absolute atomic E-state index is 6.39. The van der Waals surface area contributed by atoms with Crippen molar-refractivity contribution in [3.05, 3.63) is 66.5 Å². The van der Waals surface area contributed by atoms with Gasteiger partial charge < -0.3 is 20.5 Å². The van der Waals surface area contributed by atoms with Crippen LogP contribution in [0.5, 0.6) is 11.6 Å². The van der Waals surface area contributed by atoms with Crippen molar-refractivity contribution >= 4 is 22.4 Å². The molecule has 0 spiro atoms. The number of ether oxygens (including phenoxy) is 2. The van der Waals surface area contributed by atoms with Crippen LogP contribution in [0.1, 0.15) is 12.0 Å². The Kier molecular flexibility index (Phi) is 6.24. The first kappa shape index (κ1) is 20.6. The minimum Gasteiger partial charge on any atom is -0.437 e. The van der Waals surface area contributed by atoms with E-state index in [1.807, 2.05) is 25.1 Å². The molecule has 0 saturated heterocycles. The molecule has 0 atom stereocenters. The van der Waals surface area contributed by atoms with Crippen LogP contribution in [0.4, 0.5) is 11.6 Å². The number of nitrogen functional groups attached to an aromatic ring is 1. The van der Waals surface area contributed by atoms with Crippen LogP contribution in [0.25, 0.3) is 22.0 Å². The topological polar surface area (TPSA) is 95.2 Å². The molecule has 158 valence electrons. The van der Waals surface area contributed by atoms with Gasteiger partial charge in [0, 0.05) is 49.1 Å². The number of nitrogens with one attached hydrogen (secondary N) is 1. The first-order valence-corrected chi connectivity index (χ1v) is 10.1. The fraction of sp³-hybridized carbons (Fsp3) is 0.208.